The number of fused-ring (bicyclic) bond motifs is 1. The first-order valence-electron chi connectivity index (χ1n) is 11.6. The molecule has 0 N–H and O–H groups in total. The minimum Gasteiger partial charge on any atom is -0.493 e. The molecule has 4 aromatic rings. The van der Waals surface area contributed by atoms with Gasteiger partial charge < -0.3 is 9.47 Å². The van der Waals surface area contributed by atoms with Crippen molar-refractivity contribution in [3.63, 3.8) is 0 Å². The Morgan fingerprint density at radius 2 is 2.03 bits per heavy atom. The number of rotatable bonds is 9. The maximum Gasteiger partial charge on any atom is 0.287 e. The summed E-state index contributed by atoms with van der Waals surface area (Å²) >= 11 is 3.41. The summed E-state index contributed by atoms with van der Waals surface area (Å²) in [7, 11) is 1.50. The molecule has 2 aromatic carbocycles. The number of pyridine rings is 1. The van der Waals surface area contributed by atoms with Crippen LogP contribution in [0.4, 0.5) is 5.69 Å². The molecule has 0 spiro atoms. The fraction of sp³-hybridized carbons (Fsp3) is 0.185. The van der Waals surface area contributed by atoms with Crippen LogP contribution in [-0.2, 0) is 6.42 Å². The molecule has 2 aromatic heterocycles. The van der Waals surface area contributed by atoms with Crippen LogP contribution in [0.25, 0.3) is 10.9 Å². The van der Waals surface area contributed by atoms with Gasteiger partial charge in [0.2, 0.25) is 5.88 Å². The summed E-state index contributed by atoms with van der Waals surface area (Å²) in [6.45, 7) is 7.71. The van der Waals surface area contributed by atoms with Crippen molar-refractivity contribution in [1.82, 2.24) is 14.6 Å². The van der Waals surface area contributed by atoms with Crippen LogP contribution in [0.1, 0.15) is 36.7 Å². The van der Waals surface area contributed by atoms with Gasteiger partial charge in [-0.2, -0.15) is 9.78 Å². The molecule has 0 unspecified atom stereocenters. The van der Waals surface area contributed by atoms with E-state index >= 15 is 0 Å². The Bertz CT molecular complexity index is 1610. The van der Waals surface area contributed by atoms with Crippen molar-refractivity contribution in [3.05, 3.63) is 103 Å². The van der Waals surface area contributed by atoms with E-state index < -0.39 is 4.92 Å². The summed E-state index contributed by atoms with van der Waals surface area (Å²) in [4.78, 5) is 32.4. The Hall–Kier alpha value is -4.38. The van der Waals surface area contributed by atoms with Crippen molar-refractivity contribution in [2.75, 3.05) is 7.11 Å². The molecule has 0 atom stereocenters. The van der Waals surface area contributed by atoms with Gasteiger partial charge in [-0.3, -0.25) is 14.9 Å². The van der Waals surface area contributed by atoms with Gasteiger partial charge in [-0.25, -0.2) is 9.97 Å². The van der Waals surface area contributed by atoms with E-state index in [4.69, 9.17) is 9.47 Å². The predicted molar refractivity (Wildman–Crippen MR) is 149 cm³/mol. The number of nitrogens with zero attached hydrogens (tertiary/aromatic N) is 5. The molecule has 2 heterocycles. The second kappa shape index (κ2) is 11.3. The van der Waals surface area contributed by atoms with Gasteiger partial charge in [-0.05, 0) is 42.3 Å². The van der Waals surface area contributed by atoms with Crippen molar-refractivity contribution < 1.29 is 14.4 Å². The number of nitro groups is 1. The molecule has 10 nitrogen and oxygen atoms in total. The third-order valence-corrected chi connectivity index (χ3v) is 6.04. The zero-order chi connectivity index (χ0) is 27.4. The van der Waals surface area contributed by atoms with Gasteiger partial charge in [0.05, 0.1) is 29.2 Å². The van der Waals surface area contributed by atoms with E-state index in [1.54, 1.807) is 30.5 Å². The number of benzene rings is 2. The molecular weight excluding hydrogens is 554 g/mol. The topological polar surface area (TPSA) is 122 Å². The molecule has 0 saturated carbocycles. The van der Waals surface area contributed by atoms with Crippen molar-refractivity contribution >= 4 is 38.7 Å². The minimum absolute atomic E-state index is 0.0521. The molecule has 11 heteroatoms. The highest BCUT2D eigenvalue weighted by atomic mass is 79.9. The number of hydrogen-bond acceptors (Lipinski definition) is 8. The van der Waals surface area contributed by atoms with Crippen molar-refractivity contribution in [2.45, 2.75) is 26.2 Å². The fourth-order valence-corrected chi connectivity index (χ4v) is 4.11. The molecule has 0 amide bonds. The Kier molecular flexibility index (Phi) is 7.96. The van der Waals surface area contributed by atoms with Crippen molar-refractivity contribution in [2.24, 2.45) is 5.10 Å². The zero-order valence-electron chi connectivity index (χ0n) is 20.9. The lowest BCUT2D eigenvalue weighted by Gasteiger charge is -2.15. The summed E-state index contributed by atoms with van der Waals surface area (Å²) in [5, 5.41) is 15.9. The van der Waals surface area contributed by atoms with Crippen LogP contribution in [-0.4, -0.2) is 32.9 Å². The Morgan fingerprint density at radius 1 is 1.24 bits per heavy atom. The first-order valence-corrected chi connectivity index (χ1v) is 12.4. The molecule has 4 rings (SSSR count). The second-order valence-corrected chi connectivity index (χ2v) is 9.48. The second-order valence-electron chi connectivity index (χ2n) is 8.57. The number of allylic oxidation sites excluding steroid dienone is 1. The van der Waals surface area contributed by atoms with E-state index in [9.17, 15) is 14.9 Å². The maximum atomic E-state index is 13.3. The molecule has 0 aliphatic heterocycles. The molecule has 0 saturated heterocycles. The molecular formula is C27H24BrN5O5. The lowest BCUT2D eigenvalue weighted by Crippen LogP contribution is -2.23. The first kappa shape index (κ1) is 26.7. The Balaban J connectivity index is 1.77. The molecule has 0 aliphatic carbocycles. The Morgan fingerprint density at radius 3 is 2.66 bits per heavy atom. The quantitative estimate of drug-likeness (QED) is 0.103. The van der Waals surface area contributed by atoms with Crippen LogP contribution < -0.4 is 15.0 Å². The average Bonchev–Trinajstić information content (AvgIpc) is 2.89. The monoisotopic (exact) mass is 577 g/mol. The first-order chi connectivity index (χ1) is 18.2. The lowest BCUT2D eigenvalue weighted by atomic mass is 10.1. The van der Waals surface area contributed by atoms with E-state index in [2.05, 4.69) is 37.6 Å². The van der Waals surface area contributed by atoms with Gasteiger partial charge in [0.1, 0.15) is 12.0 Å². The van der Waals surface area contributed by atoms with Crippen LogP contribution in [0.15, 0.2) is 75.7 Å². The number of methoxy groups -OCH3 is 1. The largest absolute Gasteiger partial charge is 0.493 e. The fourth-order valence-electron chi connectivity index (χ4n) is 3.75. The van der Waals surface area contributed by atoms with E-state index in [1.165, 1.54) is 23.9 Å². The third-order valence-electron chi connectivity index (χ3n) is 5.55. The van der Waals surface area contributed by atoms with Gasteiger partial charge in [0, 0.05) is 28.1 Å². The summed E-state index contributed by atoms with van der Waals surface area (Å²) < 4.78 is 13.6. The predicted octanol–water partition coefficient (Wildman–Crippen LogP) is 6.00. The van der Waals surface area contributed by atoms with E-state index in [0.717, 1.165) is 16.2 Å². The molecule has 38 heavy (non-hydrogen) atoms. The molecule has 194 valence electrons. The van der Waals surface area contributed by atoms with Gasteiger partial charge in [0.25, 0.3) is 11.2 Å². The molecule has 0 radical (unpaired) electrons. The number of ether oxygens (including phenoxy) is 2. The highest BCUT2D eigenvalue weighted by molar-refractivity contribution is 9.10. The van der Waals surface area contributed by atoms with Crippen LogP contribution in [0.2, 0.25) is 0 Å². The van der Waals surface area contributed by atoms with E-state index in [1.807, 2.05) is 26.0 Å². The number of hydrogen-bond donors (Lipinski definition) is 0. The highest BCUT2D eigenvalue weighted by Crippen LogP contribution is 2.36. The average molecular weight is 578 g/mol. The summed E-state index contributed by atoms with van der Waals surface area (Å²) in [6, 6.07) is 11.6. The van der Waals surface area contributed by atoms with Crippen LogP contribution in [0.5, 0.6) is 17.4 Å². The smallest absolute Gasteiger partial charge is 0.287 e. The highest BCUT2D eigenvalue weighted by Gasteiger charge is 2.17. The van der Waals surface area contributed by atoms with Crippen molar-refractivity contribution in [3.8, 4) is 17.4 Å². The summed E-state index contributed by atoms with van der Waals surface area (Å²) in [5.74, 6) is 1.43. The standard InChI is InChI=1S/C27H24BrN5O5/c1-5-6-18-11-17(12-23(37-4)25(18)38-24-10-8-20(15-29-24)33(35)36)14-30-32-26(16(2)3)31-22-9-7-19(28)13-21(22)27(32)34/h5,7-16H,1,6H2,2-4H3. The van der Waals surface area contributed by atoms with Crippen LogP contribution in [0.3, 0.4) is 0 Å². The normalized spacial score (nSPS) is 11.3. The zero-order valence-corrected chi connectivity index (χ0v) is 22.5. The van der Waals surface area contributed by atoms with Crippen LogP contribution >= 0.6 is 15.9 Å². The molecule has 0 fully saturated rings. The molecule has 0 aliphatic rings. The van der Waals surface area contributed by atoms with Crippen molar-refractivity contribution in [1.29, 1.82) is 0 Å². The number of halogens is 1. The number of aromatic nitrogens is 3. The van der Waals surface area contributed by atoms with E-state index in [0.29, 0.717) is 40.2 Å². The Labute approximate surface area is 226 Å². The third kappa shape index (κ3) is 5.62. The lowest BCUT2D eigenvalue weighted by molar-refractivity contribution is -0.385. The maximum absolute atomic E-state index is 13.3. The van der Waals surface area contributed by atoms with Gasteiger partial charge in [0.15, 0.2) is 11.5 Å². The van der Waals surface area contributed by atoms with Gasteiger partial charge in [-0.15, -0.1) is 6.58 Å². The minimum atomic E-state index is -0.533. The van der Waals surface area contributed by atoms with Gasteiger partial charge >= 0.3 is 0 Å². The summed E-state index contributed by atoms with van der Waals surface area (Å²) in [5.41, 5.74) is 1.55. The van der Waals surface area contributed by atoms with E-state index in [-0.39, 0.29) is 23.0 Å². The van der Waals surface area contributed by atoms with Gasteiger partial charge in [-0.1, -0.05) is 35.9 Å². The molecule has 0 bridgehead atoms. The van der Waals surface area contributed by atoms with Crippen LogP contribution in [0, 0.1) is 10.1 Å². The summed E-state index contributed by atoms with van der Waals surface area (Å²) in [6.07, 6.45) is 4.82. The SMILES string of the molecule is C=CCc1cc(C=Nn2c(C(C)C)nc3ccc(Br)cc3c2=O)cc(OC)c1Oc1ccc([N+](=O)[O-])cn1.